The normalized spacial score (nSPS) is 18.0. The number of esters is 2. The van der Waals surface area contributed by atoms with Crippen LogP contribution in [0.2, 0.25) is 0 Å². The second kappa shape index (κ2) is 6.32. The number of cyclic esters (lactones) is 2. The topological polar surface area (TPSA) is 73.9 Å². The monoisotopic (exact) mass is 255 g/mol. The minimum absolute atomic E-state index is 0.0835. The lowest BCUT2D eigenvalue weighted by Crippen LogP contribution is -2.41. The third-order valence-electron chi connectivity index (χ3n) is 2.01. The van der Waals surface area contributed by atoms with Gasteiger partial charge >= 0.3 is 11.9 Å². The standard InChI is InChI=1S/C12H17NO5/c1-4-8-16-13-7-5-6-9-10(14)17-12(2,3)18-11(9)15/h4,6,13H,1,5,7-8H2,2-3H3. The summed E-state index contributed by atoms with van der Waals surface area (Å²) in [5, 5.41) is 0. The van der Waals surface area contributed by atoms with Gasteiger partial charge in [0.25, 0.3) is 5.79 Å². The highest BCUT2D eigenvalue weighted by Gasteiger charge is 2.38. The number of carbonyl (C=O) groups is 2. The zero-order valence-electron chi connectivity index (χ0n) is 10.5. The highest BCUT2D eigenvalue weighted by Crippen LogP contribution is 2.22. The molecule has 1 N–H and O–H groups in total. The lowest BCUT2D eigenvalue weighted by Gasteiger charge is -2.29. The molecule has 6 nitrogen and oxygen atoms in total. The van der Waals surface area contributed by atoms with E-state index in [1.54, 1.807) is 6.08 Å². The van der Waals surface area contributed by atoms with Crippen LogP contribution in [0.15, 0.2) is 24.3 Å². The van der Waals surface area contributed by atoms with E-state index in [1.807, 2.05) is 0 Å². The molecule has 0 bridgehead atoms. The third kappa shape index (κ3) is 4.31. The fourth-order valence-corrected chi connectivity index (χ4v) is 1.29. The Morgan fingerprint density at radius 2 is 1.94 bits per heavy atom. The summed E-state index contributed by atoms with van der Waals surface area (Å²) in [7, 11) is 0. The van der Waals surface area contributed by atoms with Crippen LogP contribution >= 0.6 is 0 Å². The lowest BCUT2D eigenvalue weighted by molar-refractivity contribution is -0.222. The predicted octanol–water partition coefficient (Wildman–Crippen LogP) is 0.846. The van der Waals surface area contributed by atoms with Gasteiger partial charge in [0.05, 0.1) is 6.61 Å². The summed E-state index contributed by atoms with van der Waals surface area (Å²) < 4.78 is 9.87. The van der Waals surface area contributed by atoms with Gasteiger partial charge in [0, 0.05) is 20.4 Å². The molecule has 0 radical (unpaired) electrons. The molecule has 0 aromatic carbocycles. The van der Waals surface area contributed by atoms with Crippen LogP contribution in [0.25, 0.3) is 0 Å². The summed E-state index contributed by atoms with van der Waals surface area (Å²) >= 11 is 0. The molecule has 0 atom stereocenters. The first-order valence-electron chi connectivity index (χ1n) is 5.58. The van der Waals surface area contributed by atoms with Crippen molar-refractivity contribution < 1.29 is 23.9 Å². The molecule has 18 heavy (non-hydrogen) atoms. The Morgan fingerprint density at radius 1 is 1.33 bits per heavy atom. The first kappa shape index (κ1) is 14.4. The minimum atomic E-state index is -1.20. The molecule has 1 heterocycles. The molecule has 0 aromatic heterocycles. The maximum atomic E-state index is 11.5. The van der Waals surface area contributed by atoms with Gasteiger partial charge in [-0.3, -0.25) is 4.84 Å². The maximum Gasteiger partial charge on any atom is 0.348 e. The number of hydroxylamine groups is 1. The van der Waals surface area contributed by atoms with Gasteiger partial charge in [-0.15, -0.1) is 6.58 Å². The van der Waals surface area contributed by atoms with Gasteiger partial charge < -0.3 is 9.47 Å². The van der Waals surface area contributed by atoms with Crippen LogP contribution in [-0.4, -0.2) is 30.9 Å². The molecule has 1 saturated heterocycles. The average Bonchev–Trinajstić information content (AvgIpc) is 2.24. The van der Waals surface area contributed by atoms with Gasteiger partial charge in [-0.2, -0.15) is 0 Å². The van der Waals surface area contributed by atoms with E-state index < -0.39 is 17.7 Å². The molecule has 100 valence electrons. The smallest absolute Gasteiger partial charge is 0.348 e. The number of hydrogen-bond donors (Lipinski definition) is 1. The van der Waals surface area contributed by atoms with Crippen LogP contribution in [-0.2, 0) is 23.9 Å². The van der Waals surface area contributed by atoms with Crippen LogP contribution < -0.4 is 5.48 Å². The summed E-state index contributed by atoms with van der Waals surface area (Å²) in [6.07, 6.45) is 3.50. The van der Waals surface area contributed by atoms with E-state index in [9.17, 15) is 9.59 Å². The van der Waals surface area contributed by atoms with Gasteiger partial charge in [-0.1, -0.05) is 12.2 Å². The molecule has 0 amide bonds. The molecule has 0 saturated carbocycles. The van der Waals surface area contributed by atoms with E-state index in [0.29, 0.717) is 19.6 Å². The van der Waals surface area contributed by atoms with Crippen LogP contribution in [0, 0.1) is 0 Å². The van der Waals surface area contributed by atoms with Crippen molar-refractivity contribution in [3.05, 3.63) is 24.3 Å². The summed E-state index contributed by atoms with van der Waals surface area (Å²) in [6, 6.07) is 0. The molecule has 1 rings (SSSR count). The number of ether oxygens (including phenoxy) is 2. The van der Waals surface area contributed by atoms with Gasteiger partial charge in [0.2, 0.25) is 0 Å². The fourth-order valence-electron chi connectivity index (χ4n) is 1.29. The largest absolute Gasteiger partial charge is 0.419 e. The molecular weight excluding hydrogens is 238 g/mol. The summed E-state index contributed by atoms with van der Waals surface area (Å²) in [6.45, 7) is 7.34. The molecule has 0 aliphatic carbocycles. The highest BCUT2D eigenvalue weighted by molar-refractivity contribution is 6.15. The zero-order valence-corrected chi connectivity index (χ0v) is 10.5. The second-order valence-corrected chi connectivity index (χ2v) is 4.08. The van der Waals surface area contributed by atoms with Crippen molar-refractivity contribution in [2.75, 3.05) is 13.2 Å². The number of carbonyl (C=O) groups excluding carboxylic acids is 2. The van der Waals surface area contributed by atoms with E-state index in [-0.39, 0.29) is 5.57 Å². The Morgan fingerprint density at radius 3 is 2.50 bits per heavy atom. The SMILES string of the molecule is C=CCONCCC=C1C(=O)OC(C)(C)OC1=O. The first-order chi connectivity index (χ1) is 8.46. The summed E-state index contributed by atoms with van der Waals surface area (Å²) in [5.41, 5.74) is 2.57. The van der Waals surface area contributed by atoms with Gasteiger partial charge in [0.1, 0.15) is 5.57 Å². The molecule has 0 aromatic rings. The van der Waals surface area contributed by atoms with Crippen molar-refractivity contribution in [2.45, 2.75) is 26.1 Å². The fraction of sp³-hybridized carbons (Fsp3) is 0.500. The van der Waals surface area contributed by atoms with Crippen molar-refractivity contribution in [1.29, 1.82) is 0 Å². The molecule has 1 aliphatic heterocycles. The third-order valence-corrected chi connectivity index (χ3v) is 2.01. The molecule has 6 heteroatoms. The van der Waals surface area contributed by atoms with Crippen molar-refractivity contribution in [3.63, 3.8) is 0 Å². The Labute approximate surface area is 106 Å². The molecular formula is C12H17NO5. The van der Waals surface area contributed by atoms with Crippen LogP contribution in [0.1, 0.15) is 20.3 Å². The molecule has 1 fully saturated rings. The van der Waals surface area contributed by atoms with E-state index in [4.69, 9.17) is 14.3 Å². The van der Waals surface area contributed by atoms with Gasteiger partial charge in [-0.25, -0.2) is 15.1 Å². The molecule has 0 spiro atoms. The Balaban J connectivity index is 2.43. The van der Waals surface area contributed by atoms with Crippen LogP contribution in [0.4, 0.5) is 0 Å². The van der Waals surface area contributed by atoms with Crippen LogP contribution in [0.5, 0.6) is 0 Å². The number of hydrogen-bond acceptors (Lipinski definition) is 6. The van der Waals surface area contributed by atoms with E-state index >= 15 is 0 Å². The zero-order chi connectivity index (χ0) is 13.6. The van der Waals surface area contributed by atoms with Crippen LogP contribution in [0.3, 0.4) is 0 Å². The highest BCUT2D eigenvalue weighted by atomic mass is 16.7. The van der Waals surface area contributed by atoms with Gasteiger partial charge in [0.15, 0.2) is 0 Å². The average molecular weight is 255 g/mol. The van der Waals surface area contributed by atoms with Crippen molar-refractivity contribution in [2.24, 2.45) is 0 Å². The number of rotatable bonds is 6. The maximum absolute atomic E-state index is 11.5. The Bertz CT molecular complexity index is 351. The Kier molecular flexibility index (Phi) is 5.06. The van der Waals surface area contributed by atoms with E-state index in [1.165, 1.54) is 19.9 Å². The van der Waals surface area contributed by atoms with E-state index in [0.717, 1.165) is 0 Å². The summed E-state index contributed by atoms with van der Waals surface area (Å²) in [5.74, 6) is -2.52. The quantitative estimate of drug-likeness (QED) is 0.189. The van der Waals surface area contributed by atoms with Crippen molar-refractivity contribution >= 4 is 11.9 Å². The number of nitrogens with one attached hydrogen (secondary N) is 1. The minimum Gasteiger partial charge on any atom is -0.419 e. The lowest BCUT2D eigenvalue weighted by atomic mass is 10.2. The Hall–Kier alpha value is -1.66. The molecule has 1 aliphatic rings. The van der Waals surface area contributed by atoms with Gasteiger partial charge in [-0.05, 0) is 6.42 Å². The first-order valence-corrected chi connectivity index (χ1v) is 5.58. The summed E-state index contributed by atoms with van der Waals surface area (Å²) in [4.78, 5) is 28.0. The molecule has 0 unspecified atom stereocenters. The second-order valence-electron chi connectivity index (χ2n) is 4.08. The predicted molar refractivity (Wildman–Crippen MR) is 63.1 cm³/mol. The van der Waals surface area contributed by atoms with Crippen molar-refractivity contribution in [3.8, 4) is 0 Å². The van der Waals surface area contributed by atoms with Crippen molar-refractivity contribution in [1.82, 2.24) is 5.48 Å². The van der Waals surface area contributed by atoms with E-state index in [2.05, 4.69) is 12.1 Å².